The van der Waals surface area contributed by atoms with Crippen molar-refractivity contribution in [3.63, 3.8) is 0 Å². The lowest BCUT2D eigenvalue weighted by atomic mass is 10.00. The van der Waals surface area contributed by atoms with E-state index < -0.39 is 6.10 Å². The van der Waals surface area contributed by atoms with Gasteiger partial charge in [0.15, 0.2) is 0 Å². The van der Waals surface area contributed by atoms with Crippen molar-refractivity contribution in [1.82, 2.24) is 5.32 Å². The van der Waals surface area contributed by atoms with Crippen LogP contribution >= 0.6 is 0 Å². The Labute approximate surface area is 85.3 Å². The second kappa shape index (κ2) is 6.35. The highest BCUT2D eigenvalue weighted by molar-refractivity contribution is 4.77. The van der Waals surface area contributed by atoms with E-state index in [0.717, 1.165) is 26.0 Å². The van der Waals surface area contributed by atoms with Crippen LogP contribution in [0.3, 0.4) is 0 Å². The lowest BCUT2D eigenvalue weighted by Gasteiger charge is -2.18. The molecule has 0 aliphatic carbocycles. The monoisotopic (exact) mass is 203 g/mol. The van der Waals surface area contributed by atoms with E-state index in [9.17, 15) is 0 Å². The van der Waals surface area contributed by atoms with Crippen molar-refractivity contribution in [2.45, 2.75) is 32.0 Å². The minimum Gasteiger partial charge on any atom is -0.394 e. The van der Waals surface area contributed by atoms with Gasteiger partial charge in [0.25, 0.3) is 0 Å². The van der Waals surface area contributed by atoms with Gasteiger partial charge in [-0.15, -0.1) is 0 Å². The molecular weight excluding hydrogens is 182 g/mol. The second-order valence-electron chi connectivity index (χ2n) is 3.86. The van der Waals surface area contributed by atoms with Crippen LogP contribution in [0.2, 0.25) is 0 Å². The zero-order chi connectivity index (χ0) is 10.4. The average molecular weight is 203 g/mol. The lowest BCUT2D eigenvalue weighted by molar-refractivity contribution is 0.0794. The van der Waals surface area contributed by atoms with Crippen LogP contribution in [0.1, 0.15) is 19.8 Å². The third kappa shape index (κ3) is 3.53. The molecule has 1 saturated heterocycles. The van der Waals surface area contributed by atoms with Crippen LogP contribution in [0.25, 0.3) is 0 Å². The summed E-state index contributed by atoms with van der Waals surface area (Å²) >= 11 is 0. The van der Waals surface area contributed by atoms with E-state index in [-0.39, 0.29) is 6.61 Å². The molecule has 0 aromatic heterocycles. The summed E-state index contributed by atoms with van der Waals surface area (Å²) < 4.78 is 5.55. The van der Waals surface area contributed by atoms with Crippen LogP contribution in [-0.4, -0.2) is 48.7 Å². The van der Waals surface area contributed by atoms with Crippen molar-refractivity contribution in [3.05, 3.63) is 0 Å². The molecule has 1 heterocycles. The first-order chi connectivity index (χ1) is 6.77. The van der Waals surface area contributed by atoms with Gasteiger partial charge in [-0.1, -0.05) is 6.92 Å². The van der Waals surface area contributed by atoms with Crippen LogP contribution in [0.15, 0.2) is 0 Å². The first-order valence-electron chi connectivity index (χ1n) is 5.39. The summed E-state index contributed by atoms with van der Waals surface area (Å²) in [4.78, 5) is 0. The van der Waals surface area contributed by atoms with Crippen LogP contribution in [0.4, 0.5) is 0 Å². The fourth-order valence-electron chi connectivity index (χ4n) is 1.88. The number of aliphatic hydroxyl groups excluding tert-OH is 2. The molecule has 3 N–H and O–H groups in total. The molecule has 1 aliphatic heterocycles. The highest BCUT2D eigenvalue weighted by Gasteiger charge is 2.26. The summed E-state index contributed by atoms with van der Waals surface area (Å²) in [6.07, 6.45) is 1.88. The molecule has 0 saturated carbocycles. The smallest absolute Gasteiger partial charge is 0.0894 e. The summed E-state index contributed by atoms with van der Waals surface area (Å²) in [5.74, 6) is 0.561. The summed E-state index contributed by atoms with van der Waals surface area (Å²) in [5.41, 5.74) is 0. The summed E-state index contributed by atoms with van der Waals surface area (Å²) in [5, 5.41) is 20.9. The Hall–Kier alpha value is -0.160. The Morgan fingerprint density at radius 1 is 1.57 bits per heavy atom. The fraction of sp³-hybridized carbons (Fsp3) is 1.00. The Morgan fingerprint density at radius 2 is 2.36 bits per heavy atom. The summed E-state index contributed by atoms with van der Waals surface area (Å²) in [6.45, 7) is 4.14. The lowest BCUT2D eigenvalue weighted by Crippen LogP contribution is -2.35. The number of rotatable bonds is 6. The van der Waals surface area contributed by atoms with Gasteiger partial charge in [-0.25, -0.2) is 0 Å². The molecule has 0 bridgehead atoms. The third-order valence-corrected chi connectivity index (χ3v) is 2.75. The third-order valence-electron chi connectivity index (χ3n) is 2.75. The maximum Gasteiger partial charge on any atom is 0.0894 e. The van der Waals surface area contributed by atoms with Crippen LogP contribution in [0, 0.1) is 5.92 Å². The van der Waals surface area contributed by atoms with Crippen LogP contribution in [0.5, 0.6) is 0 Å². The van der Waals surface area contributed by atoms with E-state index in [4.69, 9.17) is 14.9 Å². The summed E-state index contributed by atoms with van der Waals surface area (Å²) in [7, 11) is 0. The molecular formula is C10H21NO3. The van der Waals surface area contributed by atoms with Crippen molar-refractivity contribution in [2.75, 3.05) is 26.3 Å². The number of aliphatic hydroxyl groups is 2. The van der Waals surface area contributed by atoms with Crippen LogP contribution in [-0.2, 0) is 4.74 Å². The Morgan fingerprint density at radius 3 is 3.00 bits per heavy atom. The van der Waals surface area contributed by atoms with Crippen molar-refractivity contribution < 1.29 is 14.9 Å². The SMILES string of the molecule is CCC1OCCC1CNC[C@H](O)CO. The molecule has 0 aromatic rings. The van der Waals surface area contributed by atoms with Gasteiger partial charge in [-0.2, -0.15) is 0 Å². The molecule has 1 rings (SSSR count). The Balaban J connectivity index is 2.11. The molecule has 0 radical (unpaired) electrons. The predicted molar refractivity (Wildman–Crippen MR) is 54.1 cm³/mol. The molecule has 14 heavy (non-hydrogen) atoms. The molecule has 1 aliphatic rings. The zero-order valence-corrected chi connectivity index (χ0v) is 8.78. The normalized spacial score (nSPS) is 29.4. The first kappa shape index (κ1) is 11.9. The maximum atomic E-state index is 9.11. The second-order valence-corrected chi connectivity index (χ2v) is 3.86. The number of nitrogens with one attached hydrogen (secondary N) is 1. The van der Waals surface area contributed by atoms with Gasteiger partial charge in [0.2, 0.25) is 0 Å². The van der Waals surface area contributed by atoms with Crippen molar-refractivity contribution in [3.8, 4) is 0 Å². The minimum absolute atomic E-state index is 0.175. The number of hydrogen-bond donors (Lipinski definition) is 3. The minimum atomic E-state index is -0.641. The van der Waals surface area contributed by atoms with Crippen molar-refractivity contribution in [1.29, 1.82) is 0 Å². The van der Waals surface area contributed by atoms with Crippen molar-refractivity contribution in [2.24, 2.45) is 5.92 Å². The first-order valence-corrected chi connectivity index (χ1v) is 5.39. The molecule has 0 spiro atoms. The van der Waals surface area contributed by atoms with E-state index in [0.29, 0.717) is 18.6 Å². The van der Waals surface area contributed by atoms with E-state index in [1.54, 1.807) is 0 Å². The molecule has 84 valence electrons. The van der Waals surface area contributed by atoms with Gasteiger partial charge in [0.1, 0.15) is 0 Å². The number of ether oxygens (including phenoxy) is 1. The Bertz CT molecular complexity index is 154. The van der Waals surface area contributed by atoms with Gasteiger partial charge in [0, 0.05) is 19.7 Å². The Kier molecular flexibility index (Phi) is 5.40. The molecule has 2 unspecified atom stereocenters. The van der Waals surface area contributed by atoms with Gasteiger partial charge in [-0.3, -0.25) is 0 Å². The molecule has 4 nitrogen and oxygen atoms in total. The quantitative estimate of drug-likeness (QED) is 0.557. The summed E-state index contributed by atoms with van der Waals surface area (Å²) in [6, 6.07) is 0. The van der Waals surface area contributed by atoms with Gasteiger partial charge in [0.05, 0.1) is 18.8 Å². The molecule has 1 fully saturated rings. The maximum absolute atomic E-state index is 9.11. The highest BCUT2D eigenvalue weighted by Crippen LogP contribution is 2.22. The van der Waals surface area contributed by atoms with E-state index in [1.165, 1.54) is 0 Å². The highest BCUT2D eigenvalue weighted by atomic mass is 16.5. The molecule has 0 amide bonds. The molecule has 4 heteroatoms. The zero-order valence-electron chi connectivity index (χ0n) is 8.78. The van der Waals surface area contributed by atoms with Gasteiger partial charge in [-0.05, 0) is 18.8 Å². The molecule has 0 aromatic carbocycles. The van der Waals surface area contributed by atoms with Gasteiger partial charge >= 0.3 is 0 Å². The van der Waals surface area contributed by atoms with Crippen molar-refractivity contribution >= 4 is 0 Å². The van der Waals surface area contributed by atoms with Gasteiger partial charge < -0.3 is 20.3 Å². The fourth-order valence-corrected chi connectivity index (χ4v) is 1.88. The number of hydrogen-bond acceptors (Lipinski definition) is 4. The van der Waals surface area contributed by atoms with Crippen LogP contribution < -0.4 is 5.32 Å². The van der Waals surface area contributed by atoms with E-state index in [2.05, 4.69) is 12.2 Å². The topological polar surface area (TPSA) is 61.7 Å². The van der Waals surface area contributed by atoms with E-state index in [1.807, 2.05) is 0 Å². The molecule has 3 atom stereocenters. The predicted octanol–water partition coefficient (Wildman–Crippen LogP) is -0.256. The largest absolute Gasteiger partial charge is 0.394 e. The van der Waals surface area contributed by atoms with E-state index >= 15 is 0 Å². The average Bonchev–Trinajstić information content (AvgIpc) is 2.65. The standard InChI is InChI=1S/C10H21NO3/c1-2-10-8(3-4-14-10)5-11-6-9(13)7-12/h8-13H,2-7H2,1H3/t8?,9-,10?/m0/s1.